The summed E-state index contributed by atoms with van der Waals surface area (Å²) in [5.74, 6) is 0. The number of alkyl halides is 3. The summed E-state index contributed by atoms with van der Waals surface area (Å²) in [6.45, 7) is 1.26. The van der Waals surface area contributed by atoms with Crippen molar-refractivity contribution in [2.24, 2.45) is 0 Å². The summed E-state index contributed by atoms with van der Waals surface area (Å²) in [4.78, 5) is 3.51. The molecule has 2 N–H and O–H groups in total. The van der Waals surface area contributed by atoms with Crippen molar-refractivity contribution in [1.82, 2.24) is 10.3 Å². The minimum Gasteiger partial charge on any atom is -0.389 e. The van der Waals surface area contributed by atoms with Gasteiger partial charge in [-0.15, -0.1) is 0 Å². The van der Waals surface area contributed by atoms with Crippen LogP contribution in [0.3, 0.4) is 0 Å². The van der Waals surface area contributed by atoms with Gasteiger partial charge in [-0.05, 0) is 37.6 Å². The molecule has 0 amide bonds. The van der Waals surface area contributed by atoms with E-state index in [1.54, 1.807) is 0 Å². The number of nitrogens with one attached hydrogen (secondary N) is 1. The Morgan fingerprint density at radius 1 is 1.33 bits per heavy atom. The van der Waals surface area contributed by atoms with Crippen LogP contribution in [0.25, 0.3) is 0 Å². The van der Waals surface area contributed by atoms with Gasteiger partial charge in [0.2, 0.25) is 0 Å². The Morgan fingerprint density at radius 2 is 2.00 bits per heavy atom. The Balaban J connectivity index is 2.23. The predicted octanol–water partition coefficient (Wildman–Crippen LogP) is 1.76. The molecule has 1 aliphatic heterocycles. The molecule has 1 saturated heterocycles. The highest BCUT2D eigenvalue weighted by Crippen LogP contribution is 2.34. The summed E-state index contributed by atoms with van der Waals surface area (Å²) in [6, 6.07) is 1.34. The molecule has 0 saturated carbocycles. The van der Waals surface area contributed by atoms with Gasteiger partial charge in [-0.3, -0.25) is 4.98 Å². The van der Waals surface area contributed by atoms with Crippen molar-refractivity contribution in [3.63, 3.8) is 0 Å². The number of rotatable bonds is 2. The largest absolute Gasteiger partial charge is 0.418 e. The fourth-order valence-electron chi connectivity index (χ4n) is 2.26. The monoisotopic (exact) mass is 260 g/mol. The lowest BCUT2D eigenvalue weighted by Crippen LogP contribution is -2.43. The maximum absolute atomic E-state index is 12.8. The summed E-state index contributed by atoms with van der Waals surface area (Å²) >= 11 is 0. The summed E-state index contributed by atoms with van der Waals surface area (Å²) in [6.07, 6.45) is -1.33. The van der Waals surface area contributed by atoms with Gasteiger partial charge in [-0.1, -0.05) is 0 Å². The molecule has 2 rings (SSSR count). The highest BCUT2D eigenvalue weighted by Gasteiger charge is 2.37. The van der Waals surface area contributed by atoms with Gasteiger partial charge in [-0.25, -0.2) is 0 Å². The highest BCUT2D eigenvalue weighted by molar-refractivity contribution is 5.27. The summed E-state index contributed by atoms with van der Waals surface area (Å²) in [5.41, 5.74) is -1.69. The van der Waals surface area contributed by atoms with E-state index in [1.165, 1.54) is 12.3 Å². The number of piperidine rings is 1. The zero-order valence-corrected chi connectivity index (χ0v) is 9.80. The fraction of sp³-hybridized carbons (Fsp3) is 0.583. The molecule has 0 atom stereocenters. The van der Waals surface area contributed by atoms with Gasteiger partial charge in [0.05, 0.1) is 11.2 Å². The van der Waals surface area contributed by atoms with E-state index in [0.29, 0.717) is 25.9 Å². The van der Waals surface area contributed by atoms with Gasteiger partial charge in [0, 0.05) is 18.8 Å². The van der Waals surface area contributed by atoms with E-state index < -0.39 is 17.3 Å². The number of pyridine rings is 1. The Kier molecular flexibility index (Phi) is 3.59. The van der Waals surface area contributed by atoms with Crippen molar-refractivity contribution in [3.05, 3.63) is 29.6 Å². The molecule has 1 aromatic rings. The first-order chi connectivity index (χ1) is 8.41. The Bertz CT molecular complexity index is 414. The van der Waals surface area contributed by atoms with Gasteiger partial charge in [0.15, 0.2) is 0 Å². The van der Waals surface area contributed by atoms with Crippen molar-refractivity contribution in [2.45, 2.75) is 31.0 Å². The maximum atomic E-state index is 12.8. The van der Waals surface area contributed by atoms with E-state index in [0.717, 1.165) is 6.20 Å². The van der Waals surface area contributed by atoms with Crippen molar-refractivity contribution in [2.75, 3.05) is 13.1 Å². The molecule has 1 aromatic heterocycles. The van der Waals surface area contributed by atoms with Crippen molar-refractivity contribution >= 4 is 0 Å². The number of nitrogens with zero attached hydrogens (tertiary/aromatic N) is 1. The minimum absolute atomic E-state index is 0.0199. The van der Waals surface area contributed by atoms with Gasteiger partial charge in [0.1, 0.15) is 0 Å². The molecule has 2 heterocycles. The lowest BCUT2D eigenvalue weighted by molar-refractivity contribution is -0.138. The quantitative estimate of drug-likeness (QED) is 0.851. The van der Waals surface area contributed by atoms with Gasteiger partial charge >= 0.3 is 6.18 Å². The van der Waals surface area contributed by atoms with Crippen LogP contribution in [-0.4, -0.2) is 28.8 Å². The number of hydrogen-bond acceptors (Lipinski definition) is 3. The molecule has 0 aliphatic carbocycles. The topological polar surface area (TPSA) is 45.2 Å². The third kappa shape index (κ3) is 3.00. The van der Waals surface area contributed by atoms with E-state index in [4.69, 9.17) is 0 Å². The van der Waals surface area contributed by atoms with E-state index in [2.05, 4.69) is 10.3 Å². The number of halogens is 3. The van der Waals surface area contributed by atoms with Crippen LogP contribution >= 0.6 is 0 Å². The van der Waals surface area contributed by atoms with Crippen LogP contribution < -0.4 is 5.32 Å². The molecule has 0 aromatic carbocycles. The standard InChI is InChI=1S/C12H15F3N2O/c13-12(14,15)10-8-17-4-1-9(10)7-11(18)2-5-16-6-3-11/h1,4,8,16,18H,2-3,5-7H2. The van der Waals surface area contributed by atoms with E-state index in [9.17, 15) is 18.3 Å². The zero-order valence-electron chi connectivity index (χ0n) is 9.80. The van der Waals surface area contributed by atoms with Crippen molar-refractivity contribution < 1.29 is 18.3 Å². The van der Waals surface area contributed by atoms with Crippen molar-refractivity contribution in [1.29, 1.82) is 0 Å². The molecular weight excluding hydrogens is 245 g/mol. The molecule has 0 spiro atoms. The molecule has 1 aliphatic rings. The molecular formula is C12H15F3N2O. The molecule has 1 fully saturated rings. The van der Waals surface area contributed by atoms with Crippen LogP contribution in [-0.2, 0) is 12.6 Å². The molecule has 100 valence electrons. The summed E-state index contributed by atoms with van der Waals surface area (Å²) < 4.78 is 38.4. The minimum atomic E-state index is -4.42. The molecule has 0 unspecified atom stereocenters. The SMILES string of the molecule is OC1(Cc2ccncc2C(F)(F)F)CCNCC1. The number of hydrogen-bond donors (Lipinski definition) is 2. The lowest BCUT2D eigenvalue weighted by atomic mass is 9.85. The normalized spacial score (nSPS) is 19.8. The van der Waals surface area contributed by atoms with Crippen molar-refractivity contribution in [3.8, 4) is 0 Å². The second kappa shape index (κ2) is 4.85. The number of aliphatic hydroxyl groups is 1. The average Bonchev–Trinajstić information content (AvgIpc) is 2.28. The second-order valence-corrected chi connectivity index (χ2v) is 4.68. The summed E-state index contributed by atoms with van der Waals surface area (Å²) in [7, 11) is 0. The Morgan fingerprint density at radius 3 is 2.61 bits per heavy atom. The first-order valence-electron chi connectivity index (χ1n) is 5.84. The maximum Gasteiger partial charge on any atom is 0.418 e. The second-order valence-electron chi connectivity index (χ2n) is 4.68. The molecule has 0 radical (unpaired) electrons. The molecule has 0 bridgehead atoms. The van der Waals surface area contributed by atoms with E-state index >= 15 is 0 Å². The lowest BCUT2D eigenvalue weighted by Gasteiger charge is -2.33. The fourth-order valence-corrected chi connectivity index (χ4v) is 2.26. The van der Waals surface area contributed by atoms with Gasteiger partial charge in [0.25, 0.3) is 0 Å². The van der Waals surface area contributed by atoms with Gasteiger partial charge < -0.3 is 10.4 Å². The van der Waals surface area contributed by atoms with Crippen LogP contribution in [0, 0.1) is 0 Å². The molecule has 18 heavy (non-hydrogen) atoms. The molecule has 3 nitrogen and oxygen atoms in total. The third-order valence-electron chi connectivity index (χ3n) is 3.27. The van der Waals surface area contributed by atoms with Crippen LogP contribution in [0.15, 0.2) is 18.5 Å². The summed E-state index contributed by atoms with van der Waals surface area (Å²) in [5, 5.41) is 13.4. The van der Waals surface area contributed by atoms with Crippen LogP contribution in [0.5, 0.6) is 0 Å². The van der Waals surface area contributed by atoms with Crippen LogP contribution in [0.2, 0.25) is 0 Å². The number of aromatic nitrogens is 1. The smallest absolute Gasteiger partial charge is 0.389 e. The van der Waals surface area contributed by atoms with E-state index in [1.807, 2.05) is 0 Å². The molecule has 6 heteroatoms. The first-order valence-corrected chi connectivity index (χ1v) is 5.84. The average molecular weight is 260 g/mol. The zero-order chi connectivity index (χ0) is 13.2. The highest BCUT2D eigenvalue weighted by atomic mass is 19.4. The van der Waals surface area contributed by atoms with Crippen LogP contribution in [0.1, 0.15) is 24.0 Å². The van der Waals surface area contributed by atoms with E-state index in [-0.39, 0.29) is 12.0 Å². The third-order valence-corrected chi connectivity index (χ3v) is 3.27. The predicted molar refractivity (Wildman–Crippen MR) is 60.0 cm³/mol. The Labute approximate surface area is 103 Å². The Hall–Kier alpha value is -1.14. The van der Waals surface area contributed by atoms with Gasteiger partial charge in [-0.2, -0.15) is 13.2 Å². The van der Waals surface area contributed by atoms with Crippen LogP contribution in [0.4, 0.5) is 13.2 Å². The first kappa shape index (κ1) is 13.3.